The molecule has 9 nitrogen and oxygen atoms in total. The van der Waals surface area contributed by atoms with Crippen LogP contribution < -0.4 is 5.32 Å². The number of hydrogen-bond acceptors (Lipinski definition) is 6. The van der Waals surface area contributed by atoms with Gasteiger partial charge in [0, 0.05) is 58.9 Å². The highest BCUT2D eigenvalue weighted by Crippen LogP contribution is 2.23. The highest BCUT2D eigenvalue weighted by atomic mass is 127. The molecule has 0 spiro atoms. The van der Waals surface area contributed by atoms with Gasteiger partial charge in [0.1, 0.15) is 12.4 Å². The smallest absolute Gasteiger partial charge is 0.194 e. The van der Waals surface area contributed by atoms with E-state index in [1.807, 2.05) is 18.5 Å². The Morgan fingerprint density at radius 1 is 1.03 bits per heavy atom. The lowest BCUT2D eigenvalue weighted by atomic mass is 9.94. The Balaban J connectivity index is 0.00000306. The molecular weight excluding hydrogens is 531 g/mol. The maximum Gasteiger partial charge on any atom is 0.194 e. The van der Waals surface area contributed by atoms with Crippen LogP contribution in [-0.4, -0.2) is 107 Å². The van der Waals surface area contributed by atoms with Gasteiger partial charge < -0.3 is 19.5 Å². The van der Waals surface area contributed by atoms with Gasteiger partial charge in [0.2, 0.25) is 0 Å². The van der Waals surface area contributed by atoms with Crippen LogP contribution in [0.25, 0.3) is 0 Å². The first-order chi connectivity index (χ1) is 15.7. The van der Waals surface area contributed by atoms with Gasteiger partial charge in [-0.3, -0.25) is 9.80 Å². The second-order valence-electron chi connectivity index (χ2n) is 9.41. The minimum Gasteiger partial charge on any atom is -0.379 e. The molecule has 10 heteroatoms. The first-order valence-electron chi connectivity index (χ1n) is 12.6. The summed E-state index contributed by atoms with van der Waals surface area (Å²) in [4.78, 5) is 12.6. The molecule has 0 atom stereocenters. The van der Waals surface area contributed by atoms with Crippen molar-refractivity contribution >= 4 is 29.9 Å². The van der Waals surface area contributed by atoms with Crippen molar-refractivity contribution < 1.29 is 4.74 Å². The maximum atomic E-state index is 5.46. The molecule has 1 aromatic rings. The van der Waals surface area contributed by atoms with Crippen LogP contribution in [0, 0.1) is 6.92 Å². The summed E-state index contributed by atoms with van der Waals surface area (Å²) in [5.41, 5.74) is 0. The van der Waals surface area contributed by atoms with Crippen molar-refractivity contribution in [1.82, 2.24) is 34.8 Å². The molecule has 0 bridgehead atoms. The standard InChI is InChI=1S/C23H42N8O.HI/c1-20-26-27-22(28(20)2)19-25-23(24-9-6-10-29-15-17-32-18-16-29)31-13-11-30(12-14-31)21-7-4-3-5-8-21;/h21H,3-19H2,1-2H3,(H,24,25);1H. The van der Waals surface area contributed by atoms with Crippen LogP contribution in [0.2, 0.25) is 0 Å². The lowest BCUT2D eigenvalue weighted by molar-refractivity contribution is 0.0375. The van der Waals surface area contributed by atoms with E-state index in [0.717, 1.165) is 95.6 Å². The van der Waals surface area contributed by atoms with Gasteiger partial charge in [-0.15, -0.1) is 34.2 Å². The number of piperazine rings is 1. The highest BCUT2D eigenvalue weighted by Gasteiger charge is 2.26. The zero-order valence-corrected chi connectivity index (χ0v) is 22.9. The number of guanidine groups is 1. The van der Waals surface area contributed by atoms with E-state index in [-0.39, 0.29) is 24.0 Å². The zero-order chi connectivity index (χ0) is 22.2. The highest BCUT2D eigenvalue weighted by molar-refractivity contribution is 14.0. The number of rotatable bonds is 7. The van der Waals surface area contributed by atoms with Gasteiger partial charge in [0.25, 0.3) is 0 Å². The maximum absolute atomic E-state index is 5.46. The summed E-state index contributed by atoms with van der Waals surface area (Å²) in [6.45, 7) is 12.8. The van der Waals surface area contributed by atoms with E-state index in [9.17, 15) is 0 Å². The Labute approximate surface area is 216 Å². The molecule has 0 amide bonds. The predicted molar refractivity (Wildman–Crippen MR) is 142 cm³/mol. The lowest BCUT2D eigenvalue weighted by Crippen LogP contribution is -2.55. The minimum absolute atomic E-state index is 0. The number of nitrogens with zero attached hydrogens (tertiary/aromatic N) is 7. The summed E-state index contributed by atoms with van der Waals surface area (Å²) in [5.74, 6) is 2.86. The Hall–Kier alpha value is -0.980. The van der Waals surface area contributed by atoms with Crippen molar-refractivity contribution in [3.63, 3.8) is 0 Å². The van der Waals surface area contributed by atoms with Crippen LogP contribution in [0.1, 0.15) is 50.2 Å². The second-order valence-corrected chi connectivity index (χ2v) is 9.41. The number of hydrogen-bond donors (Lipinski definition) is 1. The number of aryl methyl sites for hydroxylation is 1. The molecule has 4 rings (SSSR count). The van der Waals surface area contributed by atoms with Crippen molar-refractivity contribution in [1.29, 1.82) is 0 Å². The van der Waals surface area contributed by atoms with Gasteiger partial charge in [-0.2, -0.15) is 0 Å². The first kappa shape index (κ1) is 26.6. The third-order valence-electron chi connectivity index (χ3n) is 7.30. The minimum atomic E-state index is 0. The molecule has 0 unspecified atom stereocenters. The molecule has 33 heavy (non-hydrogen) atoms. The van der Waals surface area contributed by atoms with Crippen LogP contribution in [0.15, 0.2) is 4.99 Å². The van der Waals surface area contributed by atoms with E-state index >= 15 is 0 Å². The van der Waals surface area contributed by atoms with Crippen molar-refractivity contribution in [2.24, 2.45) is 12.0 Å². The summed E-state index contributed by atoms with van der Waals surface area (Å²) in [6.07, 6.45) is 8.10. The molecule has 1 aliphatic carbocycles. The van der Waals surface area contributed by atoms with E-state index in [1.165, 1.54) is 32.1 Å². The third-order valence-corrected chi connectivity index (χ3v) is 7.30. The van der Waals surface area contributed by atoms with Gasteiger partial charge in [-0.05, 0) is 32.7 Å². The Morgan fingerprint density at radius 2 is 1.76 bits per heavy atom. The molecule has 2 saturated heterocycles. The Kier molecular flexibility index (Phi) is 11.1. The molecule has 3 heterocycles. The van der Waals surface area contributed by atoms with Crippen molar-refractivity contribution in [3.8, 4) is 0 Å². The van der Waals surface area contributed by atoms with Gasteiger partial charge in [-0.1, -0.05) is 19.3 Å². The molecule has 1 aromatic heterocycles. The van der Waals surface area contributed by atoms with E-state index in [4.69, 9.17) is 9.73 Å². The summed E-state index contributed by atoms with van der Waals surface area (Å²) in [7, 11) is 2.01. The number of morpholine rings is 1. The SMILES string of the molecule is Cc1nnc(CN=C(NCCCN2CCOCC2)N2CCN(C3CCCCC3)CC2)n1C.I. The fourth-order valence-electron chi connectivity index (χ4n) is 5.07. The van der Waals surface area contributed by atoms with Crippen LogP contribution in [0.5, 0.6) is 0 Å². The lowest BCUT2D eigenvalue weighted by Gasteiger charge is -2.41. The molecule has 0 aromatic carbocycles. The molecule has 1 saturated carbocycles. The van der Waals surface area contributed by atoms with Crippen LogP contribution in [0.4, 0.5) is 0 Å². The fraction of sp³-hybridized carbons (Fsp3) is 0.870. The largest absolute Gasteiger partial charge is 0.379 e. The number of aromatic nitrogens is 3. The van der Waals surface area contributed by atoms with E-state index < -0.39 is 0 Å². The van der Waals surface area contributed by atoms with E-state index in [0.29, 0.717) is 6.54 Å². The average molecular weight is 575 g/mol. The second kappa shape index (κ2) is 13.8. The normalized spacial score (nSPS) is 21.8. The number of halogens is 1. The van der Waals surface area contributed by atoms with Crippen LogP contribution in [-0.2, 0) is 18.3 Å². The summed E-state index contributed by atoms with van der Waals surface area (Å²) in [5, 5.41) is 12.1. The van der Waals surface area contributed by atoms with Crippen LogP contribution >= 0.6 is 24.0 Å². The molecule has 3 fully saturated rings. The summed E-state index contributed by atoms with van der Waals surface area (Å²) < 4.78 is 7.49. The topological polar surface area (TPSA) is 74.0 Å². The quantitative estimate of drug-likeness (QED) is 0.231. The molecule has 1 N–H and O–H groups in total. The average Bonchev–Trinajstić information content (AvgIpc) is 3.17. The van der Waals surface area contributed by atoms with Gasteiger partial charge in [-0.25, -0.2) is 4.99 Å². The molecule has 0 radical (unpaired) electrons. The van der Waals surface area contributed by atoms with Gasteiger partial charge in [0.15, 0.2) is 11.8 Å². The number of nitrogens with one attached hydrogen (secondary N) is 1. The van der Waals surface area contributed by atoms with Crippen molar-refractivity contribution in [2.45, 2.75) is 58.0 Å². The molecular formula is C23H43IN8O. The van der Waals surface area contributed by atoms with E-state index in [1.54, 1.807) is 0 Å². The van der Waals surface area contributed by atoms with E-state index in [2.05, 4.69) is 30.2 Å². The Morgan fingerprint density at radius 3 is 2.42 bits per heavy atom. The summed E-state index contributed by atoms with van der Waals surface area (Å²) in [6, 6.07) is 0.800. The van der Waals surface area contributed by atoms with Crippen molar-refractivity contribution in [3.05, 3.63) is 11.6 Å². The van der Waals surface area contributed by atoms with Crippen molar-refractivity contribution in [2.75, 3.05) is 65.6 Å². The number of aliphatic imine (C=N–C) groups is 1. The zero-order valence-electron chi connectivity index (χ0n) is 20.5. The van der Waals surface area contributed by atoms with Gasteiger partial charge >= 0.3 is 0 Å². The monoisotopic (exact) mass is 574 g/mol. The number of ether oxygens (including phenoxy) is 1. The first-order valence-corrected chi connectivity index (χ1v) is 12.6. The Bertz CT molecular complexity index is 722. The third kappa shape index (κ3) is 7.76. The van der Waals surface area contributed by atoms with Crippen LogP contribution in [0.3, 0.4) is 0 Å². The molecule has 3 aliphatic rings. The van der Waals surface area contributed by atoms with Gasteiger partial charge in [0.05, 0.1) is 13.2 Å². The fourth-order valence-corrected chi connectivity index (χ4v) is 5.07. The molecule has 2 aliphatic heterocycles. The molecule has 188 valence electrons. The predicted octanol–water partition coefficient (Wildman–Crippen LogP) is 1.86. The summed E-state index contributed by atoms with van der Waals surface area (Å²) >= 11 is 0.